The Bertz CT molecular complexity index is 1380. The Morgan fingerprint density at radius 3 is 2.28 bits per heavy atom. The molecule has 0 unspecified atom stereocenters. The minimum absolute atomic E-state index is 0.112. The van der Waals surface area contributed by atoms with E-state index in [0.29, 0.717) is 28.0 Å². The molecule has 3 aromatic carbocycles. The zero-order chi connectivity index (χ0) is 27.9. The van der Waals surface area contributed by atoms with Gasteiger partial charge in [0.15, 0.2) is 5.17 Å². The van der Waals surface area contributed by atoms with Gasteiger partial charge in [-0.3, -0.25) is 9.59 Å². The van der Waals surface area contributed by atoms with Crippen LogP contribution in [0.3, 0.4) is 0 Å². The first-order valence-corrected chi connectivity index (χ1v) is 13.9. The predicted octanol–water partition coefficient (Wildman–Crippen LogP) is 6.16. The Hall–Kier alpha value is -4.04. The average Bonchev–Trinajstić information content (AvgIpc) is 2.92. The molecular weight excluding hydrogens is 506 g/mol. The zero-order valence-corrected chi connectivity index (χ0v) is 23.8. The smallest absolute Gasteiger partial charge is 0.255 e. The van der Waals surface area contributed by atoms with E-state index in [0.717, 1.165) is 22.5 Å². The second-order valence-corrected chi connectivity index (χ2v) is 10.8. The van der Waals surface area contributed by atoms with Crippen molar-refractivity contribution in [1.82, 2.24) is 5.32 Å². The van der Waals surface area contributed by atoms with Crippen LogP contribution in [0.1, 0.15) is 43.9 Å². The van der Waals surface area contributed by atoms with Crippen LogP contribution in [0.2, 0.25) is 0 Å². The molecular formula is C31H35N5O2S. The highest BCUT2D eigenvalue weighted by Gasteiger charge is 2.30. The summed E-state index contributed by atoms with van der Waals surface area (Å²) in [7, 11) is 3.97. The van der Waals surface area contributed by atoms with Gasteiger partial charge in [-0.15, -0.1) is 0 Å². The molecule has 3 aromatic rings. The Morgan fingerprint density at radius 2 is 1.62 bits per heavy atom. The number of nitrogens with one attached hydrogen (secondary N) is 3. The van der Waals surface area contributed by atoms with E-state index in [2.05, 4.69) is 29.8 Å². The molecule has 2 amide bonds. The quantitative estimate of drug-likeness (QED) is 0.318. The lowest BCUT2D eigenvalue weighted by atomic mass is 9.95. The summed E-state index contributed by atoms with van der Waals surface area (Å²) < 4.78 is 0. The molecule has 202 valence electrons. The number of amides is 2. The van der Waals surface area contributed by atoms with Crippen LogP contribution in [0, 0.1) is 0 Å². The predicted molar refractivity (Wildman–Crippen MR) is 163 cm³/mol. The average molecular weight is 542 g/mol. The molecule has 0 spiro atoms. The van der Waals surface area contributed by atoms with E-state index in [4.69, 9.17) is 4.99 Å². The van der Waals surface area contributed by atoms with Crippen molar-refractivity contribution in [2.45, 2.75) is 32.7 Å². The third kappa shape index (κ3) is 7.09. The maximum atomic E-state index is 13.4. The molecule has 0 bridgehead atoms. The highest BCUT2D eigenvalue weighted by Crippen LogP contribution is 2.34. The summed E-state index contributed by atoms with van der Waals surface area (Å²) in [5.74, 6) is 0.150. The van der Waals surface area contributed by atoms with Gasteiger partial charge in [-0.05, 0) is 54.3 Å². The van der Waals surface area contributed by atoms with E-state index in [-0.39, 0.29) is 17.6 Å². The molecule has 0 saturated heterocycles. The lowest BCUT2D eigenvalue weighted by molar-refractivity contribution is -0.114. The molecule has 0 fully saturated rings. The summed E-state index contributed by atoms with van der Waals surface area (Å²) in [5, 5.41) is 9.88. The van der Waals surface area contributed by atoms with Crippen molar-refractivity contribution in [3.8, 4) is 0 Å². The standard InChI is InChI=1S/C31H35N5O2S/c1-20(2)25-13-9-10-14-26(25)34-27(37)19-39-31-32-21(3)28(30(38)33-23-11-7-6-8-12-23)29(35-31)22-15-17-24(18-16-22)36(4)5/h6-18,20,29H,19H2,1-5H3,(H,32,35)(H,33,38)(H,34,37)/t29-/m1/s1. The number of anilines is 3. The second-order valence-electron chi connectivity index (χ2n) is 9.89. The van der Waals surface area contributed by atoms with Crippen LogP contribution < -0.4 is 20.9 Å². The van der Waals surface area contributed by atoms with Crippen LogP contribution in [0.25, 0.3) is 0 Å². The van der Waals surface area contributed by atoms with Crippen molar-refractivity contribution >= 4 is 45.8 Å². The van der Waals surface area contributed by atoms with Crippen LogP contribution in [0.15, 0.2) is 95.1 Å². The van der Waals surface area contributed by atoms with E-state index >= 15 is 0 Å². The van der Waals surface area contributed by atoms with Gasteiger partial charge in [0.2, 0.25) is 5.91 Å². The molecule has 0 aliphatic carbocycles. The normalized spacial score (nSPS) is 14.9. The Balaban J connectivity index is 1.55. The van der Waals surface area contributed by atoms with Crippen LogP contribution >= 0.6 is 11.8 Å². The minimum atomic E-state index is -0.515. The molecule has 1 heterocycles. The summed E-state index contributed by atoms with van der Waals surface area (Å²) in [6.45, 7) is 6.08. The molecule has 1 aliphatic rings. The number of aliphatic imine (C=N–C) groups is 1. The van der Waals surface area contributed by atoms with Gasteiger partial charge < -0.3 is 20.9 Å². The highest BCUT2D eigenvalue weighted by molar-refractivity contribution is 8.14. The maximum absolute atomic E-state index is 13.4. The second kappa shape index (κ2) is 12.7. The molecule has 0 radical (unpaired) electrons. The van der Waals surface area contributed by atoms with Crippen molar-refractivity contribution in [3.05, 3.63) is 101 Å². The first-order chi connectivity index (χ1) is 18.7. The monoisotopic (exact) mass is 541 g/mol. The molecule has 3 N–H and O–H groups in total. The summed E-state index contributed by atoms with van der Waals surface area (Å²) in [6.07, 6.45) is 0. The van der Waals surface area contributed by atoms with Crippen molar-refractivity contribution in [3.63, 3.8) is 0 Å². The third-order valence-electron chi connectivity index (χ3n) is 6.42. The van der Waals surface area contributed by atoms with Crippen molar-refractivity contribution in [1.29, 1.82) is 0 Å². The zero-order valence-electron chi connectivity index (χ0n) is 23.0. The number of allylic oxidation sites excluding steroid dienone is 1. The van der Waals surface area contributed by atoms with Crippen LogP contribution in [-0.4, -0.2) is 36.8 Å². The molecule has 4 rings (SSSR count). The molecule has 7 nitrogen and oxygen atoms in total. The van der Waals surface area contributed by atoms with E-state index in [1.165, 1.54) is 11.8 Å². The first kappa shape index (κ1) is 28.0. The minimum Gasteiger partial charge on any atom is -0.378 e. The fraction of sp³-hybridized carbons (Fsp3) is 0.258. The van der Waals surface area contributed by atoms with Gasteiger partial charge in [0.05, 0.1) is 11.3 Å². The third-order valence-corrected chi connectivity index (χ3v) is 7.30. The molecule has 0 aromatic heterocycles. The van der Waals surface area contributed by atoms with Crippen molar-refractivity contribution in [2.24, 2.45) is 4.99 Å². The molecule has 0 saturated carbocycles. The van der Waals surface area contributed by atoms with E-state index in [9.17, 15) is 9.59 Å². The van der Waals surface area contributed by atoms with E-state index in [1.807, 2.05) is 105 Å². The van der Waals surface area contributed by atoms with Crippen molar-refractivity contribution in [2.75, 3.05) is 35.4 Å². The van der Waals surface area contributed by atoms with Gasteiger partial charge in [0.1, 0.15) is 6.04 Å². The lowest BCUT2D eigenvalue weighted by Gasteiger charge is -2.27. The molecule has 8 heteroatoms. The number of benzene rings is 3. The van der Waals surface area contributed by atoms with Gasteiger partial charge in [0.25, 0.3) is 5.91 Å². The topological polar surface area (TPSA) is 85.8 Å². The summed E-state index contributed by atoms with van der Waals surface area (Å²) >= 11 is 1.32. The molecule has 1 atom stereocenters. The SMILES string of the molecule is CC1=C(C(=O)Nc2ccccc2)[C@@H](c2ccc(N(C)C)cc2)N=C(SCC(=O)Nc2ccccc2C(C)C)N1. The van der Waals surface area contributed by atoms with Crippen molar-refractivity contribution < 1.29 is 9.59 Å². The number of nitrogens with zero attached hydrogens (tertiary/aromatic N) is 2. The summed E-state index contributed by atoms with van der Waals surface area (Å²) in [4.78, 5) is 33.2. The summed E-state index contributed by atoms with van der Waals surface area (Å²) in [6, 6.07) is 24.7. The van der Waals surface area contributed by atoms with Gasteiger partial charge in [-0.1, -0.05) is 74.1 Å². The fourth-order valence-electron chi connectivity index (χ4n) is 4.37. The number of hydrogen-bond donors (Lipinski definition) is 3. The van der Waals surface area contributed by atoms with E-state index < -0.39 is 6.04 Å². The number of carbonyl (C=O) groups is 2. The van der Waals surface area contributed by atoms with Gasteiger partial charge in [-0.25, -0.2) is 4.99 Å². The van der Waals surface area contributed by atoms with Gasteiger partial charge >= 0.3 is 0 Å². The number of amidine groups is 1. The molecule has 1 aliphatic heterocycles. The fourth-order valence-corrected chi connectivity index (χ4v) is 5.11. The lowest BCUT2D eigenvalue weighted by Crippen LogP contribution is -2.32. The van der Waals surface area contributed by atoms with Crippen LogP contribution in [0.5, 0.6) is 0 Å². The van der Waals surface area contributed by atoms with Crippen LogP contribution in [0.4, 0.5) is 17.1 Å². The molecule has 39 heavy (non-hydrogen) atoms. The summed E-state index contributed by atoms with van der Waals surface area (Å²) in [5.41, 5.74) is 5.83. The highest BCUT2D eigenvalue weighted by atomic mass is 32.2. The number of para-hydroxylation sites is 2. The maximum Gasteiger partial charge on any atom is 0.255 e. The first-order valence-electron chi connectivity index (χ1n) is 12.9. The number of thioether (sulfide) groups is 1. The van der Waals surface area contributed by atoms with Gasteiger partial charge in [0, 0.05) is 36.9 Å². The van der Waals surface area contributed by atoms with E-state index in [1.54, 1.807) is 0 Å². The largest absolute Gasteiger partial charge is 0.378 e. The number of carbonyl (C=O) groups excluding carboxylic acids is 2. The van der Waals surface area contributed by atoms with Gasteiger partial charge in [-0.2, -0.15) is 0 Å². The Labute approximate surface area is 234 Å². The Morgan fingerprint density at radius 1 is 0.949 bits per heavy atom. The van der Waals surface area contributed by atoms with Crippen LogP contribution in [-0.2, 0) is 9.59 Å². The number of rotatable bonds is 8. The number of hydrogen-bond acceptors (Lipinski definition) is 6. The Kier molecular flexibility index (Phi) is 9.09.